The highest BCUT2D eigenvalue weighted by Gasteiger charge is 2.42. The Morgan fingerprint density at radius 2 is 1.68 bits per heavy atom. The first-order chi connectivity index (χ1) is 14.9. The quantitative estimate of drug-likeness (QED) is 0.462. The predicted octanol–water partition coefficient (Wildman–Crippen LogP) is 6.38. The van der Waals surface area contributed by atoms with Crippen LogP contribution in [-0.2, 0) is 27.2 Å². The maximum atomic E-state index is 13.4. The molecule has 1 aliphatic carbocycles. The van der Waals surface area contributed by atoms with E-state index < -0.39 is 5.41 Å². The Hall–Kier alpha value is -2.49. The fourth-order valence-corrected chi connectivity index (χ4v) is 4.94. The molecule has 0 unspecified atom stereocenters. The lowest BCUT2D eigenvalue weighted by molar-refractivity contribution is -0.159. The molecule has 0 aliphatic heterocycles. The van der Waals surface area contributed by atoms with Crippen molar-refractivity contribution in [3.8, 4) is 11.1 Å². The molecule has 0 N–H and O–H groups in total. The topological polar surface area (TPSA) is 43.4 Å². The second kappa shape index (κ2) is 10.2. The molecule has 1 saturated carbocycles. The number of rotatable bonds is 8. The van der Waals surface area contributed by atoms with Gasteiger partial charge in [-0.15, -0.1) is 0 Å². The van der Waals surface area contributed by atoms with Crippen LogP contribution in [0.1, 0.15) is 69.1 Å². The van der Waals surface area contributed by atoms with Gasteiger partial charge in [0, 0.05) is 12.8 Å². The van der Waals surface area contributed by atoms with E-state index in [1.54, 1.807) is 12.1 Å². The van der Waals surface area contributed by atoms with Gasteiger partial charge in [-0.2, -0.15) is 0 Å². The fourth-order valence-electron chi connectivity index (χ4n) is 4.94. The molecule has 3 nitrogen and oxygen atoms in total. The minimum atomic E-state index is -0.666. The van der Waals surface area contributed by atoms with Gasteiger partial charge >= 0.3 is 5.97 Å². The van der Waals surface area contributed by atoms with Crippen molar-refractivity contribution in [2.24, 2.45) is 5.41 Å². The van der Waals surface area contributed by atoms with E-state index >= 15 is 0 Å². The third kappa shape index (κ3) is 5.23. The molecule has 1 aliphatic rings. The monoisotopic (exact) mass is 424 g/mol. The van der Waals surface area contributed by atoms with E-state index in [0.29, 0.717) is 13.0 Å². The lowest BCUT2D eigenvalue weighted by Gasteiger charge is -2.34. The number of hydrogen-bond donors (Lipinski definition) is 0. The molecule has 0 radical (unpaired) electrons. The van der Waals surface area contributed by atoms with Gasteiger partial charge in [0.2, 0.25) is 0 Å². The molecule has 0 amide bonds. The molecule has 4 heteroatoms. The summed E-state index contributed by atoms with van der Waals surface area (Å²) in [6.45, 7) is 6.27. The molecule has 0 spiro atoms. The van der Waals surface area contributed by atoms with E-state index in [-0.39, 0.29) is 24.0 Å². The van der Waals surface area contributed by atoms with E-state index in [2.05, 4.69) is 19.1 Å². The first-order valence-corrected chi connectivity index (χ1v) is 11.5. The summed E-state index contributed by atoms with van der Waals surface area (Å²) in [7, 11) is 0. The molecular formula is C27H33FO3. The summed E-state index contributed by atoms with van der Waals surface area (Å²) in [5.74, 6) is -0.390. The van der Waals surface area contributed by atoms with Gasteiger partial charge in [0.1, 0.15) is 11.6 Å². The number of carbonyl (C=O) groups is 2. The van der Waals surface area contributed by atoms with Crippen molar-refractivity contribution in [2.45, 2.75) is 72.1 Å². The van der Waals surface area contributed by atoms with E-state index in [1.807, 2.05) is 13.8 Å². The smallest absolute Gasteiger partial charge is 0.312 e. The second-order valence-electron chi connectivity index (χ2n) is 8.69. The standard InChI is InChI=1S/C27H33FO3/c1-4-20-11-14-24(21-9-12-22(28)13-10-21)19(3)25(20)17-23(29)18-27(26(30)31-5-2)15-7-6-8-16-27/h9-14H,4-8,15-18H2,1-3H3. The van der Waals surface area contributed by atoms with E-state index in [0.717, 1.165) is 66.3 Å². The summed E-state index contributed by atoms with van der Waals surface area (Å²) in [5.41, 5.74) is 4.51. The lowest BCUT2D eigenvalue weighted by atomic mass is 9.70. The van der Waals surface area contributed by atoms with E-state index in [1.165, 1.54) is 12.1 Å². The Morgan fingerprint density at radius 1 is 1.00 bits per heavy atom. The van der Waals surface area contributed by atoms with Crippen LogP contribution in [-0.4, -0.2) is 18.4 Å². The molecule has 0 aromatic heterocycles. The third-order valence-corrected chi connectivity index (χ3v) is 6.66. The Kier molecular flexibility index (Phi) is 7.64. The molecule has 31 heavy (non-hydrogen) atoms. The van der Waals surface area contributed by atoms with Crippen molar-refractivity contribution in [2.75, 3.05) is 6.61 Å². The number of ether oxygens (including phenoxy) is 1. The van der Waals surface area contributed by atoms with Crippen LogP contribution in [0.25, 0.3) is 11.1 Å². The molecule has 166 valence electrons. The summed E-state index contributed by atoms with van der Waals surface area (Å²) in [5, 5.41) is 0. The SMILES string of the molecule is CCOC(=O)C1(CC(=O)Cc2c(CC)ccc(-c3ccc(F)cc3)c2C)CCCCC1. The van der Waals surface area contributed by atoms with Crippen LogP contribution >= 0.6 is 0 Å². The molecule has 0 bridgehead atoms. The molecule has 1 fully saturated rings. The van der Waals surface area contributed by atoms with Crippen LogP contribution in [0, 0.1) is 18.2 Å². The minimum absolute atomic E-state index is 0.0870. The number of carbonyl (C=O) groups excluding carboxylic acids is 2. The largest absolute Gasteiger partial charge is 0.466 e. The van der Waals surface area contributed by atoms with E-state index in [9.17, 15) is 14.0 Å². The minimum Gasteiger partial charge on any atom is -0.466 e. The molecule has 0 heterocycles. The Balaban J connectivity index is 1.88. The first-order valence-electron chi connectivity index (χ1n) is 11.5. The van der Waals surface area contributed by atoms with Gasteiger partial charge in [0.15, 0.2) is 0 Å². The number of hydrogen-bond acceptors (Lipinski definition) is 3. The van der Waals surface area contributed by atoms with Crippen LogP contribution in [0.15, 0.2) is 36.4 Å². The third-order valence-electron chi connectivity index (χ3n) is 6.66. The van der Waals surface area contributed by atoms with E-state index in [4.69, 9.17) is 4.74 Å². The maximum absolute atomic E-state index is 13.4. The number of esters is 1. The van der Waals surface area contributed by atoms with Crippen LogP contribution in [0.4, 0.5) is 4.39 Å². The van der Waals surface area contributed by atoms with Gasteiger partial charge in [-0.05, 0) is 73.1 Å². The molecule has 2 aromatic carbocycles. The van der Waals surface area contributed by atoms with Crippen molar-refractivity contribution < 1.29 is 18.7 Å². The summed E-state index contributed by atoms with van der Waals surface area (Å²) in [6, 6.07) is 10.6. The zero-order valence-corrected chi connectivity index (χ0v) is 18.9. The number of ketones is 1. The number of halogens is 1. The molecule has 3 rings (SSSR count). The second-order valence-corrected chi connectivity index (χ2v) is 8.69. The molecule has 2 aromatic rings. The lowest BCUT2D eigenvalue weighted by Crippen LogP contribution is -2.37. The molecule has 0 atom stereocenters. The molecule has 0 saturated heterocycles. The van der Waals surface area contributed by atoms with Gasteiger partial charge in [0.05, 0.1) is 12.0 Å². The normalized spacial score (nSPS) is 15.5. The highest BCUT2D eigenvalue weighted by molar-refractivity contribution is 5.89. The first kappa shape index (κ1) is 23.2. The van der Waals surface area contributed by atoms with Crippen LogP contribution in [0.3, 0.4) is 0 Å². The summed E-state index contributed by atoms with van der Waals surface area (Å²) >= 11 is 0. The number of aryl methyl sites for hydroxylation is 1. The molecular weight excluding hydrogens is 391 g/mol. The zero-order chi connectivity index (χ0) is 22.4. The van der Waals surface area contributed by atoms with Crippen LogP contribution in [0.2, 0.25) is 0 Å². The van der Waals surface area contributed by atoms with Crippen molar-refractivity contribution in [1.82, 2.24) is 0 Å². The number of benzene rings is 2. The Bertz CT molecular complexity index is 924. The van der Waals surface area contributed by atoms with Gasteiger partial charge in [-0.3, -0.25) is 9.59 Å². The van der Waals surface area contributed by atoms with Gasteiger partial charge in [-0.1, -0.05) is 50.5 Å². The predicted molar refractivity (Wildman–Crippen MR) is 121 cm³/mol. The Morgan fingerprint density at radius 3 is 2.29 bits per heavy atom. The van der Waals surface area contributed by atoms with Crippen molar-refractivity contribution in [3.63, 3.8) is 0 Å². The summed E-state index contributed by atoms with van der Waals surface area (Å²) < 4.78 is 18.7. The van der Waals surface area contributed by atoms with Crippen molar-refractivity contribution in [1.29, 1.82) is 0 Å². The van der Waals surface area contributed by atoms with Gasteiger partial charge in [0.25, 0.3) is 0 Å². The highest BCUT2D eigenvalue weighted by Crippen LogP contribution is 2.41. The van der Waals surface area contributed by atoms with Crippen molar-refractivity contribution >= 4 is 11.8 Å². The average molecular weight is 425 g/mol. The highest BCUT2D eigenvalue weighted by atomic mass is 19.1. The fraction of sp³-hybridized carbons (Fsp3) is 0.481. The summed E-state index contributed by atoms with van der Waals surface area (Å²) in [6.07, 6.45) is 5.88. The maximum Gasteiger partial charge on any atom is 0.312 e. The van der Waals surface area contributed by atoms with Gasteiger partial charge < -0.3 is 4.74 Å². The van der Waals surface area contributed by atoms with Gasteiger partial charge in [-0.25, -0.2) is 4.39 Å². The van der Waals surface area contributed by atoms with Crippen LogP contribution < -0.4 is 0 Å². The summed E-state index contributed by atoms with van der Waals surface area (Å²) in [4.78, 5) is 26.0. The van der Waals surface area contributed by atoms with Crippen LogP contribution in [0.5, 0.6) is 0 Å². The number of Topliss-reactive ketones (excluding diaryl/α,β-unsaturated/α-hetero) is 1. The average Bonchev–Trinajstić information content (AvgIpc) is 2.76. The van der Waals surface area contributed by atoms with Crippen molar-refractivity contribution in [3.05, 3.63) is 58.9 Å². The zero-order valence-electron chi connectivity index (χ0n) is 18.9. The Labute approximate surface area is 185 Å².